The Bertz CT molecular complexity index is 213. The fraction of sp³-hybridized carbons (Fsp3) is 0.727. The number of aliphatic hydroxyl groups is 1. The van der Waals surface area contributed by atoms with Crippen LogP contribution in [0.25, 0.3) is 0 Å². The molecule has 0 aromatic heterocycles. The van der Waals surface area contributed by atoms with Crippen molar-refractivity contribution in [3.63, 3.8) is 0 Å². The Labute approximate surface area is 106 Å². The third-order valence-corrected chi connectivity index (χ3v) is 3.66. The Kier molecular flexibility index (Phi) is 11.3. The number of carbonyl (C=O) groups excluding carboxylic acids is 1. The van der Waals surface area contributed by atoms with Crippen LogP contribution in [0.5, 0.6) is 0 Å². The number of ether oxygens (including phenoxy) is 1. The lowest BCUT2D eigenvalue weighted by Gasteiger charge is -2.02. The van der Waals surface area contributed by atoms with Gasteiger partial charge in [-0.25, -0.2) is 4.79 Å². The molecule has 0 fully saturated rings. The number of rotatable bonds is 9. The van der Waals surface area contributed by atoms with E-state index in [1.165, 1.54) is 6.08 Å². The number of hydrogen-bond donors (Lipinski definition) is 1. The maximum absolute atomic E-state index is 11.1. The minimum atomic E-state index is -0.254. The Hall–Kier alpha value is -0.130. The van der Waals surface area contributed by atoms with E-state index in [1.807, 2.05) is 13.8 Å². The summed E-state index contributed by atoms with van der Waals surface area (Å²) in [6.07, 6.45) is 1.50. The monoisotopic (exact) mass is 264 g/mol. The zero-order chi connectivity index (χ0) is 12.2. The predicted molar refractivity (Wildman–Crippen MR) is 72.1 cm³/mol. The van der Waals surface area contributed by atoms with E-state index in [0.717, 1.165) is 28.6 Å². The van der Waals surface area contributed by atoms with Gasteiger partial charge in [0.1, 0.15) is 6.61 Å². The van der Waals surface area contributed by atoms with Gasteiger partial charge in [0.05, 0.1) is 6.61 Å². The summed E-state index contributed by atoms with van der Waals surface area (Å²) in [5.41, 5.74) is 0.957. The zero-order valence-corrected chi connectivity index (χ0v) is 11.5. The number of hydrogen-bond acceptors (Lipinski definition) is 5. The molecule has 0 aliphatic carbocycles. The normalized spacial score (nSPS) is 9.94. The highest BCUT2D eigenvalue weighted by Gasteiger charge is 1.97. The number of esters is 1. The van der Waals surface area contributed by atoms with E-state index in [1.54, 1.807) is 23.5 Å². The van der Waals surface area contributed by atoms with Crippen LogP contribution in [0.15, 0.2) is 11.6 Å². The minimum Gasteiger partial charge on any atom is -0.462 e. The van der Waals surface area contributed by atoms with E-state index in [4.69, 9.17) is 9.84 Å². The van der Waals surface area contributed by atoms with Crippen molar-refractivity contribution in [2.75, 3.05) is 36.2 Å². The first-order valence-corrected chi connectivity index (χ1v) is 7.55. The van der Waals surface area contributed by atoms with Crippen molar-refractivity contribution in [2.45, 2.75) is 13.8 Å². The fourth-order valence-corrected chi connectivity index (χ4v) is 2.55. The molecule has 1 N–H and O–H groups in total. The summed E-state index contributed by atoms with van der Waals surface area (Å²) in [4.78, 5) is 11.1. The second kappa shape index (κ2) is 11.4. The van der Waals surface area contributed by atoms with E-state index >= 15 is 0 Å². The molecule has 3 nitrogen and oxygen atoms in total. The molecule has 0 saturated heterocycles. The second-order valence-corrected chi connectivity index (χ2v) is 5.79. The first-order valence-electron chi connectivity index (χ1n) is 5.25. The first kappa shape index (κ1) is 15.9. The molecule has 5 heteroatoms. The van der Waals surface area contributed by atoms with Gasteiger partial charge in [-0.05, 0) is 13.8 Å². The van der Waals surface area contributed by atoms with Crippen LogP contribution in [0.1, 0.15) is 13.8 Å². The van der Waals surface area contributed by atoms with Gasteiger partial charge in [0.15, 0.2) is 0 Å². The molecule has 0 aromatic rings. The van der Waals surface area contributed by atoms with Crippen molar-refractivity contribution >= 4 is 29.5 Å². The molecule has 0 heterocycles. The number of carbonyl (C=O) groups is 1. The van der Waals surface area contributed by atoms with Crippen molar-refractivity contribution in [3.8, 4) is 0 Å². The van der Waals surface area contributed by atoms with Crippen molar-refractivity contribution in [1.29, 1.82) is 0 Å². The topological polar surface area (TPSA) is 46.5 Å². The van der Waals surface area contributed by atoms with Crippen molar-refractivity contribution < 1.29 is 14.6 Å². The largest absolute Gasteiger partial charge is 0.462 e. The summed E-state index contributed by atoms with van der Waals surface area (Å²) in [6, 6.07) is 0. The van der Waals surface area contributed by atoms with Crippen LogP contribution in [-0.4, -0.2) is 47.3 Å². The van der Waals surface area contributed by atoms with Crippen LogP contribution in [0.2, 0.25) is 0 Å². The number of aliphatic hydroxyl groups excluding tert-OH is 1. The molecule has 0 bridgehead atoms. The number of allylic oxidation sites excluding steroid dienone is 1. The molecule has 0 radical (unpaired) electrons. The fourth-order valence-electron chi connectivity index (χ4n) is 0.865. The summed E-state index contributed by atoms with van der Waals surface area (Å²) in [5.74, 6) is 3.45. The lowest BCUT2D eigenvalue weighted by atomic mass is 10.3. The summed E-state index contributed by atoms with van der Waals surface area (Å²) in [6.45, 7) is 4.45. The molecule has 0 aliphatic heterocycles. The lowest BCUT2D eigenvalue weighted by molar-refractivity contribution is -0.137. The van der Waals surface area contributed by atoms with Gasteiger partial charge in [0.2, 0.25) is 0 Å². The predicted octanol–water partition coefficient (Wildman–Crippen LogP) is 1.95. The van der Waals surface area contributed by atoms with Crippen LogP contribution in [0.3, 0.4) is 0 Å². The third kappa shape index (κ3) is 11.9. The van der Waals surface area contributed by atoms with Crippen LogP contribution < -0.4 is 0 Å². The van der Waals surface area contributed by atoms with E-state index in [2.05, 4.69) is 0 Å². The Morgan fingerprint density at radius 1 is 1.19 bits per heavy atom. The van der Waals surface area contributed by atoms with Crippen LogP contribution in [-0.2, 0) is 9.53 Å². The van der Waals surface area contributed by atoms with Crippen molar-refractivity contribution in [2.24, 2.45) is 0 Å². The van der Waals surface area contributed by atoms with Crippen molar-refractivity contribution in [3.05, 3.63) is 11.6 Å². The average molecular weight is 264 g/mol. The molecule has 16 heavy (non-hydrogen) atoms. The van der Waals surface area contributed by atoms with Gasteiger partial charge < -0.3 is 9.84 Å². The summed E-state index contributed by atoms with van der Waals surface area (Å²) in [7, 11) is 0. The minimum absolute atomic E-state index is 0.246. The van der Waals surface area contributed by atoms with E-state index in [-0.39, 0.29) is 12.6 Å². The van der Waals surface area contributed by atoms with Crippen LogP contribution in [0.4, 0.5) is 0 Å². The van der Waals surface area contributed by atoms with E-state index in [0.29, 0.717) is 6.61 Å². The molecular weight excluding hydrogens is 244 g/mol. The summed E-state index contributed by atoms with van der Waals surface area (Å²) < 4.78 is 5.00. The van der Waals surface area contributed by atoms with Gasteiger partial charge in [-0.1, -0.05) is 5.57 Å². The van der Waals surface area contributed by atoms with Gasteiger partial charge >= 0.3 is 5.97 Å². The molecule has 94 valence electrons. The molecule has 0 atom stereocenters. The van der Waals surface area contributed by atoms with Crippen LogP contribution >= 0.6 is 23.5 Å². The molecule has 0 rings (SSSR count). The maximum Gasteiger partial charge on any atom is 0.330 e. The quantitative estimate of drug-likeness (QED) is 0.392. The van der Waals surface area contributed by atoms with E-state index < -0.39 is 0 Å². The van der Waals surface area contributed by atoms with E-state index in [9.17, 15) is 4.79 Å². The first-order chi connectivity index (χ1) is 7.66. The maximum atomic E-state index is 11.1. The van der Waals surface area contributed by atoms with Gasteiger partial charge in [-0.3, -0.25) is 0 Å². The zero-order valence-electron chi connectivity index (χ0n) is 9.90. The Balaban J connectivity index is 3.21. The van der Waals surface area contributed by atoms with Gasteiger partial charge in [0, 0.05) is 29.1 Å². The highest BCUT2D eigenvalue weighted by molar-refractivity contribution is 8.02. The molecular formula is C11H20O3S2. The SMILES string of the molecule is CC(C)=CC(=O)OCCSCCSCCO. The van der Waals surface area contributed by atoms with Gasteiger partial charge in [-0.15, -0.1) is 0 Å². The van der Waals surface area contributed by atoms with Crippen LogP contribution in [0, 0.1) is 0 Å². The van der Waals surface area contributed by atoms with Gasteiger partial charge in [0.25, 0.3) is 0 Å². The molecule has 0 unspecified atom stereocenters. The highest BCUT2D eigenvalue weighted by atomic mass is 32.2. The molecule has 0 saturated carbocycles. The summed E-state index contributed by atoms with van der Waals surface area (Å²) in [5, 5.41) is 8.55. The molecule has 0 amide bonds. The Morgan fingerprint density at radius 2 is 1.81 bits per heavy atom. The standard InChI is InChI=1S/C11H20O3S2/c1-10(2)9-11(13)14-4-6-16-8-7-15-5-3-12/h9,12H,3-8H2,1-2H3. The highest BCUT2D eigenvalue weighted by Crippen LogP contribution is 2.06. The third-order valence-electron chi connectivity index (χ3n) is 1.49. The van der Waals surface area contributed by atoms with Crippen molar-refractivity contribution in [1.82, 2.24) is 0 Å². The van der Waals surface area contributed by atoms with Gasteiger partial charge in [-0.2, -0.15) is 23.5 Å². The summed E-state index contributed by atoms with van der Waals surface area (Å²) >= 11 is 3.50. The second-order valence-electron chi connectivity index (χ2n) is 3.34. The number of thioether (sulfide) groups is 2. The average Bonchev–Trinajstić information content (AvgIpc) is 2.21. The lowest BCUT2D eigenvalue weighted by Crippen LogP contribution is -2.05. The Morgan fingerprint density at radius 3 is 2.38 bits per heavy atom. The molecule has 0 aromatic carbocycles. The molecule has 0 spiro atoms. The smallest absolute Gasteiger partial charge is 0.330 e. The molecule has 0 aliphatic rings.